The van der Waals surface area contributed by atoms with Crippen LogP contribution in [0.25, 0.3) is 0 Å². The molecule has 1 atom stereocenters. The third kappa shape index (κ3) is 3.13. The molecule has 3 heteroatoms. The Bertz CT molecular complexity index is 376. The zero-order chi connectivity index (χ0) is 12.3. The van der Waals surface area contributed by atoms with E-state index in [0.717, 1.165) is 18.0 Å². The summed E-state index contributed by atoms with van der Waals surface area (Å²) in [6.45, 7) is 8.83. The SMILES string of the molecule is CC(C)NCC(C)c1ccc2c(c1)OCCO2. The van der Waals surface area contributed by atoms with Gasteiger partial charge >= 0.3 is 0 Å². The number of hydrogen-bond acceptors (Lipinski definition) is 3. The lowest BCUT2D eigenvalue weighted by molar-refractivity contribution is 0.171. The van der Waals surface area contributed by atoms with E-state index in [9.17, 15) is 0 Å². The van der Waals surface area contributed by atoms with Crippen molar-refractivity contribution < 1.29 is 9.47 Å². The molecule has 0 bridgehead atoms. The maximum Gasteiger partial charge on any atom is 0.161 e. The highest BCUT2D eigenvalue weighted by Gasteiger charge is 2.14. The highest BCUT2D eigenvalue weighted by molar-refractivity contribution is 5.44. The van der Waals surface area contributed by atoms with Crippen molar-refractivity contribution in [1.29, 1.82) is 0 Å². The topological polar surface area (TPSA) is 30.5 Å². The summed E-state index contributed by atoms with van der Waals surface area (Å²) in [7, 11) is 0. The van der Waals surface area contributed by atoms with E-state index >= 15 is 0 Å². The Hall–Kier alpha value is -1.22. The molecule has 94 valence electrons. The molecular weight excluding hydrogens is 214 g/mol. The van der Waals surface area contributed by atoms with Crippen LogP contribution in [0.5, 0.6) is 11.5 Å². The molecule has 17 heavy (non-hydrogen) atoms. The van der Waals surface area contributed by atoms with Gasteiger partial charge in [-0.25, -0.2) is 0 Å². The number of fused-ring (bicyclic) bond motifs is 1. The summed E-state index contributed by atoms with van der Waals surface area (Å²) in [5, 5.41) is 3.45. The molecule has 0 saturated carbocycles. The molecular formula is C14H21NO2. The smallest absolute Gasteiger partial charge is 0.161 e. The Balaban J connectivity index is 2.05. The number of benzene rings is 1. The van der Waals surface area contributed by atoms with Crippen molar-refractivity contribution in [1.82, 2.24) is 5.32 Å². The predicted molar refractivity (Wildman–Crippen MR) is 69.0 cm³/mol. The molecule has 0 amide bonds. The van der Waals surface area contributed by atoms with E-state index in [-0.39, 0.29) is 0 Å². The van der Waals surface area contributed by atoms with E-state index in [0.29, 0.717) is 25.2 Å². The summed E-state index contributed by atoms with van der Waals surface area (Å²) in [6, 6.07) is 6.76. The van der Waals surface area contributed by atoms with Crippen molar-refractivity contribution >= 4 is 0 Å². The van der Waals surface area contributed by atoms with Crippen LogP contribution in [0.15, 0.2) is 18.2 Å². The van der Waals surface area contributed by atoms with E-state index in [2.05, 4.69) is 38.2 Å². The molecule has 1 aromatic rings. The summed E-state index contributed by atoms with van der Waals surface area (Å²) in [4.78, 5) is 0. The number of rotatable bonds is 4. The average Bonchev–Trinajstić information content (AvgIpc) is 2.35. The van der Waals surface area contributed by atoms with E-state index < -0.39 is 0 Å². The molecule has 0 aliphatic carbocycles. The molecule has 1 N–H and O–H groups in total. The maximum absolute atomic E-state index is 5.59. The molecule has 1 heterocycles. The largest absolute Gasteiger partial charge is 0.486 e. The van der Waals surface area contributed by atoms with Crippen LogP contribution in [0.3, 0.4) is 0 Å². The first kappa shape index (κ1) is 12.2. The van der Waals surface area contributed by atoms with E-state index in [1.54, 1.807) is 0 Å². The van der Waals surface area contributed by atoms with Gasteiger partial charge in [0.05, 0.1) is 0 Å². The Morgan fingerprint density at radius 2 is 1.82 bits per heavy atom. The lowest BCUT2D eigenvalue weighted by Crippen LogP contribution is -2.27. The third-order valence-electron chi connectivity index (χ3n) is 2.97. The van der Waals surface area contributed by atoms with Crippen LogP contribution >= 0.6 is 0 Å². The number of ether oxygens (including phenoxy) is 2. The fourth-order valence-electron chi connectivity index (χ4n) is 1.90. The molecule has 0 saturated heterocycles. The van der Waals surface area contributed by atoms with Crippen molar-refractivity contribution in [2.45, 2.75) is 32.7 Å². The molecule has 1 unspecified atom stereocenters. The third-order valence-corrected chi connectivity index (χ3v) is 2.97. The van der Waals surface area contributed by atoms with E-state index in [1.807, 2.05) is 6.07 Å². The first-order chi connectivity index (χ1) is 8.16. The van der Waals surface area contributed by atoms with Gasteiger partial charge in [0.15, 0.2) is 11.5 Å². The minimum atomic E-state index is 0.480. The average molecular weight is 235 g/mol. The fraction of sp³-hybridized carbons (Fsp3) is 0.571. The van der Waals surface area contributed by atoms with Crippen molar-refractivity contribution in [3.63, 3.8) is 0 Å². The van der Waals surface area contributed by atoms with Gasteiger partial charge in [0.25, 0.3) is 0 Å². The Morgan fingerprint density at radius 3 is 2.53 bits per heavy atom. The van der Waals surface area contributed by atoms with Gasteiger partial charge in [-0.1, -0.05) is 26.8 Å². The summed E-state index contributed by atoms with van der Waals surface area (Å²) in [5.41, 5.74) is 1.29. The molecule has 0 radical (unpaired) electrons. The van der Waals surface area contributed by atoms with Gasteiger partial charge in [0.1, 0.15) is 13.2 Å². The van der Waals surface area contributed by atoms with Gasteiger partial charge in [0, 0.05) is 12.6 Å². The van der Waals surface area contributed by atoms with Crippen LogP contribution in [0, 0.1) is 0 Å². The molecule has 0 fully saturated rings. The second-order valence-electron chi connectivity index (χ2n) is 4.87. The number of hydrogen-bond donors (Lipinski definition) is 1. The van der Waals surface area contributed by atoms with Gasteiger partial charge in [-0.15, -0.1) is 0 Å². The molecule has 1 aliphatic heterocycles. The minimum Gasteiger partial charge on any atom is -0.486 e. The van der Waals surface area contributed by atoms with E-state index in [4.69, 9.17) is 9.47 Å². The summed E-state index contributed by atoms with van der Waals surface area (Å²) in [5.74, 6) is 2.22. The van der Waals surface area contributed by atoms with Crippen LogP contribution in [-0.2, 0) is 0 Å². The first-order valence-corrected chi connectivity index (χ1v) is 6.29. The van der Waals surface area contributed by atoms with Gasteiger partial charge < -0.3 is 14.8 Å². The fourth-order valence-corrected chi connectivity index (χ4v) is 1.90. The van der Waals surface area contributed by atoms with Crippen molar-refractivity contribution in [2.24, 2.45) is 0 Å². The predicted octanol–water partition coefficient (Wildman–Crippen LogP) is 2.56. The van der Waals surface area contributed by atoms with Crippen LogP contribution in [0.2, 0.25) is 0 Å². The first-order valence-electron chi connectivity index (χ1n) is 6.29. The van der Waals surface area contributed by atoms with Crippen molar-refractivity contribution in [2.75, 3.05) is 19.8 Å². The summed E-state index contributed by atoms with van der Waals surface area (Å²) < 4.78 is 11.1. The maximum atomic E-state index is 5.59. The standard InChI is InChI=1S/C14H21NO2/c1-10(2)15-9-11(3)12-4-5-13-14(8-12)17-7-6-16-13/h4-5,8,10-11,15H,6-7,9H2,1-3H3. The monoisotopic (exact) mass is 235 g/mol. The van der Waals surface area contributed by atoms with Crippen molar-refractivity contribution in [3.8, 4) is 11.5 Å². The van der Waals surface area contributed by atoms with Gasteiger partial charge in [-0.2, -0.15) is 0 Å². The zero-order valence-corrected chi connectivity index (χ0v) is 10.8. The van der Waals surface area contributed by atoms with Crippen LogP contribution in [0.1, 0.15) is 32.3 Å². The highest BCUT2D eigenvalue weighted by atomic mass is 16.6. The normalized spacial score (nSPS) is 16.0. The minimum absolute atomic E-state index is 0.480. The molecule has 2 rings (SSSR count). The molecule has 3 nitrogen and oxygen atoms in total. The quantitative estimate of drug-likeness (QED) is 0.870. The lowest BCUT2D eigenvalue weighted by Gasteiger charge is -2.21. The van der Waals surface area contributed by atoms with E-state index in [1.165, 1.54) is 5.56 Å². The second-order valence-corrected chi connectivity index (χ2v) is 4.87. The highest BCUT2D eigenvalue weighted by Crippen LogP contribution is 2.32. The van der Waals surface area contributed by atoms with Gasteiger partial charge in [-0.3, -0.25) is 0 Å². The van der Waals surface area contributed by atoms with Crippen LogP contribution < -0.4 is 14.8 Å². The lowest BCUT2D eigenvalue weighted by atomic mass is 10.0. The summed E-state index contributed by atoms with van der Waals surface area (Å²) >= 11 is 0. The van der Waals surface area contributed by atoms with Gasteiger partial charge in [0.2, 0.25) is 0 Å². The van der Waals surface area contributed by atoms with Crippen LogP contribution in [-0.4, -0.2) is 25.8 Å². The Morgan fingerprint density at radius 1 is 1.12 bits per heavy atom. The van der Waals surface area contributed by atoms with Crippen molar-refractivity contribution in [3.05, 3.63) is 23.8 Å². The molecule has 1 aliphatic rings. The van der Waals surface area contributed by atoms with Crippen LogP contribution in [0.4, 0.5) is 0 Å². The molecule has 0 aromatic heterocycles. The number of nitrogens with one attached hydrogen (secondary N) is 1. The Labute approximate surface area is 103 Å². The zero-order valence-electron chi connectivity index (χ0n) is 10.8. The molecule has 0 spiro atoms. The Kier molecular flexibility index (Phi) is 3.89. The second kappa shape index (κ2) is 5.41. The molecule has 1 aromatic carbocycles. The summed E-state index contributed by atoms with van der Waals surface area (Å²) in [6.07, 6.45) is 0. The van der Waals surface area contributed by atoms with Gasteiger partial charge in [-0.05, 0) is 23.6 Å².